The van der Waals surface area contributed by atoms with Crippen LogP contribution in [0, 0.1) is 0 Å². The van der Waals surface area contributed by atoms with Crippen LogP contribution in [0.3, 0.4) is 0 Å². The number of methoxy groups -OCH3 is 1. The number of benzene rings is 1. The molecular formula is C15H18F3N3O. The number of rotatable bonds is 4. The number of hydrogen-bond acceptors (Lipinski definition) is 2. The van der Waals surface area contributed by atoms with E-state index in [1.807, 2.05) is 0 Å². The molecule has 1 aromatic rings. The van der Waals surface area contributed by atoms with Crippen LogP contribution in [-0.2, 0) is 12.7 Å². The molecule has 0 saturated heterocycles. The van der Waals surface area contributed by atoms with Crippen LogP contribution in [-0.4, -0.2) is 26.3 Å². The SMILES string of the molecule is C=C(C)/C=N\C(=N/C)NCc1cc(C(F)(F)F)ccc1OC. The summed E-state index contributed by atoms with van der Waals surface area (Å²) in [5, 5.41) is 2.86. The molecule has 0 bridgehead atoms. The molecule has 4 nitrogen and oxygen atoms in total. The van der Waals surface area contributed by atoms with Gasteiger partial charge >= 0.3 is 6.18 Å². The molecule has 120 valence electrons. The Kier molecular flexibility index (Phi) is 6.15. The fraction of sp³-hybridized carbons (Fsp3) is 0.333. The predicted octanol–water partition coefficient (Wildman–Crippen LogP) is 3.44. The molecule has 0 saturated carbocycles. The van der Waals surface area contributed by atoms with E-state index in [2.05, 4.69) is 21.9 Å². The average Bonchev–Trinajstić information content (AvgIpc) is 2.46. The summed E-state index contributed by atoms with van der Waals surface area (Å²) in [6.45, 7) is 5.54. The molecule has 0 heterocycles. The molecule has 0 radical (unpaired) electrons. The second-order valence-corrected chi connectivity index (χ2v) is 4.53. The van der Waals surface area contributed by atoms with Crippen LogP contribution in [0.4, 0.5) is 13.2 Å². The van der Waals surface area contributed by atoms with Crippen LogP contribution >= 0.6 is 0 Å². The van der Waals surface area contributed by atoms with E-state index in [1.165, 1.54) is 26.4 Å². The van der Waals surface area contributed by atoms with Crippen molar-refractivity contribution in [1.82, 2.24) is 5.32 Å². The first-order valence-corrected chi connectivity index (χ1v) is 6.42. The minimum Gasteiger partial charge on any atom is -0.496 e. The zero-order chi connectivity index (χ0) is 16.8. The molecule has 0 amide bonds. The maximum absolute atomic E-state index is 12.8. The van der Waals surface area contributed by atoms with Crippen LogP contribution in [0.5, 0.6) is 5.75 Å². The van der Waals surface area contributed by atoms with E-state index < -0.39 is 11.7 Å². The monoisotopic (exact) mass is 313 g/mol. The number of ether oxygens (including phenoxy) is 1. The van der Waals surface area contributed by atoms with Crippen molar-refractivity contribution >= 4 is 12.2 Å². The fourth-order valence-electron chi connectivity index (χ4n) is 1.62. The second kappa shape index (κ2) is 7.63. The Morgan fingerprint density at radius 1 is 1.41 bits per heavy atom. The molecule has 0 fully saturated rings. The maximum atomic E-state index is 12.8. The topological polar surface area (TPSA) is 46.0 Å². The molecule has 0 aliphatic heterocycles. The third-order valence-electron chi connectivity index (χ3n) is 2.66. The van der Waals surface area contributed by atoms with Crippen LogP contribution in [0.1, 0.15) is 18.1 Å². The molecule has 0 atom stereocenters. The normalized spacial score (nSPS) is 12.5. The summed E-state index contributed by atoms with van der Waals surface area (Å²) in [6.07, 6.45) is -2.89. The smallest absolute Gasteiger partial charge is 0.416 e. The quantitative estimate of drug-likeness (QED) is 0.684. The molecule has 1 N–H and O–H groups in total. The van der Waals surface area contributed by atoms with Gasteiger partial charge in [0.1, 0.15) is 5.75 Å². The Morgan fingerprint density at radius 3 is 2.59 bits per heavy atom. The number of allylic oxidation sites excluding steroid dienone is 1. The lowest BCUT2D eigenvalue weighted by atomic mass is 10.1. The Bertz CT molecular complexity index is 592. The molecule has 0 aromatic heterocycles. The zero-order valence-electron chi connectivity index (χ0n) is 12.7. The predicted molar refractivity (Wildman–Crippen MR) is 81.5 cm³/mol. The molecule has 0 spiro atoms. The van der Waals surface area contributed by atoms with Gasteiger partial charge in [-0.1, -0.05) is 6.58 Å². The second-order valence-electron chi connectivity index (χ2n) is 4.53. The molecule has 7 heteroatoms. The van der Waals surface area contributed by atoms with E-state index in [9.17, 15) is 13.2 Å². The fourth-order valence-corrected chi connectivity index (χ4v) is 1.62. The van der Waals surface area contributed by atoms with E-state index in [0.29, 0.717) is 17.3 Å². The Balaban J connectivity index is 2.94. The third kappa shape index (κ3) is 5.23. The molecular weight excluding hydrogens is 295 g/mol. The highest BCUT2D eigenvalue weighted by molar-refractivity contribution is 5.92. The van der Waals surface area contributed by atoms with E-state index in [0.717, 1.165) is 17.7 Å². The Hall–Kier alpha value is -2.31. The summed E-state index contributed by atoms with van der Waals surface area (Å²) in [7, 11) is 2.93. The van der Waals surface area contributed by atoms with Gasteiger partial charge in [0.05, 0.1) is 12.7 Å². The lowest BCUT2D eigenvalue weighted by Crippen LogP contribution is -2.22. The van der Waals surface area contributed by atoms with Crippen molar-refractivity contribution in [2.75, 3.05) is 14.2 Å². The van der Waals surface area contributed by atoms with Crippen molar-refractivity contribution in [3.63, 3.8) is 0 Å². The van der Waals surface area contributed by atoms with Gasteiger partial charge in [-0.15, -0.1) is 0 Å². The summed E-state index contributed by atoms with van der Waals surface area (Å²) < 4.78 is 43.4. The van der Waals surface area contributed by atoms with Crippen molar-refractivity contribution in [1.29, 1.82) is 0 Å². The van der Waals surface area contributed by atoms with Crippen LogP contribution in [0.2, 0.25) is 0 Å². The first-order chi connectivity index (χ1) is 10.3. The Labute approximate surface area is 127 Å². The van der Waals surface area contributed by atoms with E-state index in [1.54, 1.807) is 6.92 Å². The molecule has 0 aliphatic rings. The average molecular weight is 313 g/mol. The van der Waals surface area contributed by atoms with Gasteiger partial charge < -0.3 is 10.1 Å². The number of halogens is 3. The molecule has 1 aromatic carbocycles. The summed E-state index contributed by atoms with van der Waals surface area (Å²) in [5.41, 5.74) is 0.370. The summed E-state index contributed by atoms with van der Waals surface area (Å²) in [6, 6.07) is 3.32. The number of guanidine groups is 1. The molecule has 1 rings (SSSR count). The van der Waals surface area contributed by atoms with Crippen molar-refractivity contribution in [3.8, 4) is 5.75 Å². The maximum Gasteiger partial charge on any atom is 0.416 e. The van der Waals surface area contributed by atoms with Gasteiger partial charge in [0, 0.05) is 25.4 Å². The number of nitrogens with one attached hydrogen (secondary N) is 1. The van der Waals surface area contributed by atoms with Crippen LogP contribution in [0.25, 0.3) is 0 Å². The van der Waals surface area contributed by atoms with Gasteiger partial charge in [0.15, 0.2) is 0 Å². The van der Waals surface area contributed by atoms with Crippen molar-refractivity contribution in [2.24, 2.45) is 9.98 Å². The van der Waals surface area contributed by atoms with Crippen molar-refractivity contribution in [3.05, 3.63) is 41.5 Å². The van der Waals surface area contributed by atoms with E-state index in [-0.39, 0.29) is 6.54 Å². The Morgan fingerprint density at radius 2 is 2.09 bits per heavy atom. The molecule has 0 unspecified atom stereocenters. The minimum absolute atomic E-state index is 0.104. The van der Waals surface area contributed by atoms with Gasteiger partial charge in [0.2, 0.25) is 5.96 Å². The van der Waals surface area contributed by atoms with Gasteiger partial charge in [-0.3, -0.25) is 4.99 Å². The van der Waals surface area contributed by atoms with Crippen molar-refractivity contribution < 1.29 is 17.9 Å². The highest BCUT2D eigenvalue weighted by atomic mass is 19.4. The van der Waals surface area contributed by atoms with Gasteiger partial charge in [-0.25, -0.2) is 4.99 Å². The summed E-state index contributed by atoms with van der Waals surface area (Å²) in [5.74, 6) is 0.655. The summed E-state index contributed by atoms with van der Waals surface area (Å²) >= 11 is 0. The van der Waals surface area contributed by atoms with Gasteiger partial charge in [-0.05, 0) is 30.7 Å². The minimum atomic E-state index is -4.40. The largest absolute Gasteiger partial charge is 0.496 e. The summed E-state index contributed by atoms with van der Waals surface area (Å²) in [4.78, 5) is 7.94. The standard InChI is InChI=1S/C15H18F3N3O/c1-10(2)8-20-14(19-3)21-9-11-7-12(15(16,17)18)5-6-13(11)22-4/h5-8H,1,9H2,2-4H3,(H,19,21)/b20-8-. The number of nitrogens with zero attached hydrogens (tertiary/aromatic N) is 2. The lowest BCUT2D eigenvalue weighted by molar-refractivity contribution is -0.137. The van der Waals surface area contributed by atoms with Crippen LogP contribution < -0.4 is 10.1 Å². The molecule has 22 heavy (non-hydrogen) atoms. The van der Waals surface area contributed by atoms with E-state index in [4.69, 9.17) is 4.74 Å². The molecule has 0 aliphatic carbocycles. The van der Waals surface area contributed by atoms with E-state index >= 15 is 0 Å². The highest BCUT2D eigenvalue weighted by Crippen LogP contribution is 2.32. The lowest BCUT2D eigenvalue weighted by Gasteiger charge is -2.13. The first kappa shape index (κ1) is 17.7. The zero-order valence-corrected chi connectivity index (χ0v) is 12.7. The van der Waals surface area contributed by atoms with Crippen molar-refractivity contribution in [2.45, 2.75) is 19.6 Å². The first-order valence-electron chi connectivity index (χ1n) is 6.42. The van der Waals surface area contributed by atoms with Gasteiger partial charge in [-0.2, -0.15) is 13.2 Å². The highest BCUT2D eigenvalue weighted by Gasteiger charge is 2.31. The third-order valence-corrected chi connectivity index (χ3v) is 2.66. The number of aliphatic imine (C=N–C) groups is 2. The van der Waals surface area contributed by atoms with Gasteiger partial charge in [0.25, 0.3) is 0 Å². The number of alkyl halides is 3. The number of hydrogen-bond donors (Lipinski definition) is 1. The van der Waals surface area contributed by atoms with Crippen LogP contribution in [0.15, 0.2) is 40.3 Å².